The number of hydrogen-bond donors (Lipinski definition) is 2. The van der Waals surface area contributed by atoms with Gasteiger partial charge in [0.25, 0.3) is 5.91 Å². The second-order valence-electron chi connectivity index (χ2n) is 6.80. The fraction of sp³-hybridized carbons (Fsp3) is 0.400. The zero-order chi connectivity index (χ0) is 19.2. The number of rotatable bonds is 6. The molecule has 7 heteroatoms. The molecule has 1 aromatic carbocycles. The number of nitrogens with one attached hydrogen (secondary N) is 2. The van der Waals surface area contributed by atoms with Crippen molar-refractivity contribution in [3.05, 3.63) is 50.6 Å². The summed E-state index contributed by atoms with van der Waals surface area (Å²) in [6.45, 7) is 4.56. The van der Waals surface area contributed by atoms with Gasteiger partial charge in [-0.1, -0.05) is 15.9 Å². The molecule has 0 atom stereocenters. The summed E-state index contributed by atoms with van der Waals surface area (Å²) in [4.78, 5) is 28.6. The lowest BCUT2D eigenvalue weighted by Gasteiger charge is -2.32. The molecular weight excluding hydrogens is 426 g/mol. The standard InChI is InChI=1S/C20H24BrN3O2S/c1-14-2-7-18(27-14)20(26)23-17-8-11-24(12-9-17)13-10-19(25)22-16-5-3-15(21)4-6-16/h2-7,17H,8-13H2,1H3,(H,22,25)(H,23,26). The quantitative estimate of drug-likeness (QED) is 0.699. The van der Waals surface area contributed by atoms with Crippen molar-refractivity contribution in [3.63, 3.8) is 0 Å². The number of nitrogens with zero attached hydrogens (tertiary/aromatic N) is 1. The number of halogens is 1. The van der Waals surface area contributed by atoms with Gasteiger partial charge in [0, 0.05) is 47.1 Å². The van der Waals surface area contributed by atoms with Crippen LogP contribution in [-0.2, 0) is 4.79 Å². The molecule has 0 aliphatic carbocycles. The number of benzene rings is 1. The van der Waals surface area contributed by atoms with Crippen LogP contribution in [0.1, 0.15) is 33.8 Å². The number of thiophene rings is 1. The van der Waals surface area contributed by atoms with Gasteiger partial charge in [0.2, 0.25) is 5.91 Å². The Morgan fingerprint density at radius 3 is 2.48 bits per heavy atom. The number of carbonyl (C=O) groups is 2. The summed E-state index contributed by atoms with van der Waals surface area (Å²) in [6, 6.07) is 11.7. The van der Waals surface area contributed by atoms with E-state index in [0.717, 1.165) is 52.4 Å². The predicted molar refractivity (Wildman–Crippen MR) is 113 cm³/mol. The molecule has 1 aliphatic heterocycles. The SMILES string of the molecule is Cc1ccc(C(=O)NC2CCN(CCC(=O)Nc3ccc(Br)cc3)CC2)s1. The fourth-order valence-electron chi connectivity index (χ4n) is 3.13. The molecule has 1 aromatic heterocycles. The molecular formula is C20H24BrN3O2S. The van der Waals surface area contributed by atoms with Crippen molar-refractivity contribution in [2.24, 2.45) is 0 Å². The Morgan fingerprint density at radius 2 is 1.85 bits per heavy atom. The summed E-state index contributed by atoms with van der Waals surface area (Å²) in [5.74, 6) is 0.0567. The van der Waals surface area contributed by atoms with E-state index in [-0.39, 0.29) is 17.9 Å². The van der Waals surface area contributed by atoms with E-state index in [0.29, 0.717) is 6.42 Å². The minimum atomic E-state index is 0.0282. The second kappa shape index (κ2) is 9.48. The summed E-state index contributed by atoms with van der Waals surface area (Å²) < 4.78 is 0.990. The molecule has 0 spiro atoms. The van der Waals surface area contributed by atoms with Crippen LogP contribution in [0.4, 0.5) is 5.69 Å². The van der Waals surface area contributed by atoms with Crippen LogP contribution in [0.2, 0.25) is 0 Å². The van der Waals surface area contributed by atoms with Crippen molar-refractivity contribution in [2.75, 3.05) is 25.0 Å². The molecule has 1 saturated heterocycles. The molecule has 1 fully saturated rings. The first-order chi connectivity index (χ1) is 13.0. The highest BCUT2D eigenvalue weighted by molar-refractivity contribution is 9.10. The maximum Gasteiger partial charge on any atom is 0.261 e. The van der Waals surface area contributed by atoms with Crippen LogP contribution in [0, 0.1) is 6.92 Å². The number of piperidine rings is 1. The molecule has 3 rings (SSSR count). The van der Waals surface area contributed by atoms with Crippen LogP contribution in [0.3, 0.4) is 0 Å². The third-order valence-corrected chi connectivity index (χ3v) is 6.20. The monoisotopic (exact) mass is 449 g/mol. The van der Waals surface area contributed by atoms with E-state index in [2.05, 4.69) is 31.5 Å². The smallest absolute Gasteiger partial charge is 0.261 e. The van der Waals surface area contributed by atoms with E-state index in [9.17, 15) is 9.59 Å². The minimum absolute atomic E-state index is 0.0282. The lowest BCUT2D eigenvalue weighted by Crippen LogP contribution is -2.45. The van der Waals surface area contributed by atoms with Gasteiger partial charge in [-0.25, -0.2) is 0 Å². The number of likely N-dealkylation sites (tertiary alicyclic amines) is 1. The van der Waals surface area contributed by atoms with Crippen LogP contribution in [0.15, 0.2) is 40.9 Å². The van der Waals surface area contributed by atoms with E-state index in [1.165, 1.54) is 11.3 Å². The highest BCUT2D eigenvalue weighted by Crippen LogP contribution is 2.17. The van der Waals surface area contributed by atoms with E-state index >= 15 is 0 Å². The molecule has 2 amide bonds. The van der Waals surface area contributed by atoms with Gasteiger partial charge in [0.1, 0.15) is 0 Å². The molecule has 0 saturated carbocycles. The van der Waals surface area contributed by atoms with Gasteiger partial charge in [-0.2, -0.15) is 0 Å². The van der Waals surface area contributed by atoms with Crippen molar-refractivity contribution >= 4 is 44.8 Å². The summed E-state index contributed by atoms with van der Waals surface area (Å²) in [5.41, 5.74) is 0.813. The van der Waals surface area contributed by atoms with E-state index in [4.69, 9.17) is 0 Å². The molecule has 2 N–H and O–H groups in total. The Hall–Kier alpha value is -1.70. The zero-order valence-electron chi connectivity index (χ0n) is 15.3. The Balaban J connectivity index is 1.36. The first-order valence-electron chi connectivity index (χ1n) is 9.14. The topological polar surface area (TPSA) is 61.4 Å². The maximum absolute atomic E-state index is 12.2. The molecule has 2 aromatic rings. The van der Waals surface area contributed by atoms with Gasteiger partial charge < -0.3 is 15.5 Å². The van der Waals surface area contributed by atoms with Crippen LogP contribution >= 0.6 is 27.3 Å². The molecule has 27 heavy (non-hydrogen) atoms. The van der Waals surface area contributed by atoms with Gasteiger partial charge >= 0.3 is 0 Å². The van der Waals surface area contributed by atoms with Crippen LogP contribution in [0.5, 0.6) is 0 Å². The van der Waals surface area contributed by atoms with Gasteiger partial charge in [-0.3, -0.25) is 9.59 Å². The summed E-state index contributed by atoms with van der Waals surface area (Å²) in [6.07, 6.45) is 2.32. The van der Waals surface area contributed by atoms with Crippen molar-refractivity contribution in [1.82, 2.24) is 10.2 Å². The van der Waals surface area contributed by atoms with Gasteiger partial charge in [-0.05, 0) is 56.2 Å². The van der Waals surface area contributed by atoms with Crippen LogP contribution in [-0.4, -0.2) is 42.4 Å². The van der Waals surface area contributed by atoms with Crippen molar-refractivity contribution in [1.29, 1.82) is 0 Å². The van der Waals surface area contributed by atoms with E-state index in [1.807, 2.05) is 43.3 Å². The third-order valence-electron chi connectivity index (χ3n) is 4.67. The first kappa shape index (κ1) is 20.0. The van der Waals surface area contributed by atoms with Gasteiger partial charge in [0.15, 0.2) is 0 Å². The highest BCUT2D eigenvalue weighted by atomic mass is 79.9. The Morgan fingerprint density at radius 1 is 1.15 bits per heavy atom. The van der Waals surface area contributed by atoms with Crippen LogP contribution in [0.25, 0.3) is 0 Å². The van der Waals surface area contributed by atoms with E-state index < -0.39 is 0 Å². The summed E-state index contributed by atoms with van der Waals surface area (Å²) in [7, 11) is 0. The molecule has 144 valence electrons. The maximum atomic E-state index is 12.2. The fourth-order valence-corrected chi connectivity index (χ4v) is 4.17. The molecule has 0 unspecified atom stereocenters. The minimum Gasteiger partial charge on any atom is -0.349 e. The zero-order valence-corrected chi connectivity index (χ0v) is 17.7. The predicted octanol–water partition coefficient (Wildman–Crippen LogP) is 4.04. The van der Waals surface area contributed by atoms with Gasteiger partial charge in [0.05, 0.1) is 4.88 Å². The largest absolute Gasteiger partial charge is 0.349 e. The Kier molecular flexibility index (Phi) is 7.04. The van der Waals surface area contributed by atoms with Crippen molar-refractivity contribution < 1.29 is 9.59 Å². The molecule has 1 aliphatic rings. The first-order valence-corrected chi connectivity index (χ1v) is 10.8. The average molecular weight is 450 g/mol. The van der Waals surface area contributed by atoms with Crippen LogP contribution < -0.4 is 10.6 Å². The van der Waals surface area contributed by atoms with E-state index in [1.54, 1.807) is 0 Å². The Labute approximate surface area is 172 Å². The van der Waals surface area contributed by atoms with Gasteiger partial charge in [-0.15, -0.1) is 11.3 Å². The number of amides is 2. The van der Waals surface area contributed by atoms with Crippen molar-refractivity contribution in [3.8, 4) is 0 Å². The normalized spacial score (nSPS) is 15.5. The lowest BCUT2D eigenvalue weighted by atomic mass is 10.0. The molecule has 2 heterocycles. The number of anilines is 1. The molecule has 5 nitrogen and oxygen atoms in total. The molecule has 0 bridgehead atoms. The summed E-state index contributed by atoms with van der Waals surface area (Å²) >= 11 is 4.91. The average Bonchev–Trinajstić information content (AvgIpc) is 3.10. The molecule has 0 radical (unpaired) electrons. The Bertz CT molecular complexity index is 783. The lowest BCUT2D eigenvalue weighted by molar-refractivity contribution is -0.116. The third kappa shape index (κ3) is 6.16. The highest BCUT2D eigenvalue weighted by Gasteiger charge is 2.22. The number of carbonyl (C=O) groups excluding carboxylic acids is 2. The number of aryl methyl sites for hydroxylation is 1. The second-order valence-corrected chi connectivity index (χ2v) is 9.01. The van der Waals surface area contributed by atoms with Crippen molar-refractivity contribution in [2.45, 2.75) is 32.2 Å². The number of hydrogen-bond acceptors (Lipinski definition) is 4. The summed E-state index contributed by atoms with van der Waals surface area (Å²) in [5, 5.41) is 6.05.